The SMILES string of the molecule is O=C(Nc1cc(C(F)(F)F)ccc1N1CCCC1)c1c(F)c(F)c(F)c(F)c1F. The van der Waals surface area contributed by atoms with E-state index in [-0.39, 0.29) is 5.69 Å². The van der Waals surface area contributed by atoms with Gasteiger partial charge >= 0.3 is 6.18 Å². The second-order valence-corrected chi connectivity index (χ2v) is 6.32. The summed E-state index contributed by atoms with van der Waals surface area (Å²) in [7, 11) is 0. The van der Waals surface area contributed by atoms with E-state index in [0.29, 0.717) is 19.2 Å². The molecule has 1 N–H and O–H groups in total. The molecule has 0 spiro atoms. The second-order valence-electron chi connectivity index (χ2n) is 6.32. The van der Waals surface area contributed by atoms with Crippen molar-refractivity contribution < 1.29 is 39.9 Å². The van der Waals surface area contributed by atoms with Crippen LogP contribution in [0, 0.1) is 29.1 Å². The van der Waals surface area contributed by atoms with Gasteiger partial charge in [0.2, 0.25) is 5.82 Å². The summed E-state index contributed by atoms with van der Waals surface area (Å²) in [4.78, 5) is 13.9. The largest absolute Gasteiger partial charge is 0.416 e. The fourth-order valence-electron chi connectivity index (χ4n) is 3.04. The van der Waals surface area contributed by atoms with Gasteiger partial charge in [-0.25, -0.2) is 22.0 Å². The first-order valence-corrected chi connectivity index (χ1v) is 8.31. The van der Waals surface area contributed by atoms with Gasteiger partial charge < -0.3 is 10.2 Å². The summed E-state index contributed by atoms with van der Waals surface area (Å²) in [6.45, 7) is 0.910. The van der Waals surface area contributed by atoms with Gasteiger partial charge in [0.05, 0.1) is 16.9 Å². The maximum absolute atomic E-state index is 13.9. The highest BCUT2D eigenvalue weighted by Crippen LogP contribution is 2.37. The van der Waals surface area contributed by atoms with Crippen LogP contribution in [-0.2, 0) is 6.18 Å². The van der Waals surface area contributed by atoms with E-state index in [0.717, 1.165) is 25.0 Å². The van der Waals surface area contributed by atoms with Gasteiger partial charge in [-0.15, -0.1) is 0 Å². The molecule has 1 aliphatic rings. The van der Waals surface area contributed by atoms with Crippen molar-refractivity contribution >= 4 is 17.3 Å². The van der Waals surface area contributed by atoms with Crippen LogP contribution in [0.15, 0.2) is 18.2 Å². The van der Waals surface area contributed by atoms with E-state index >= 15 is 0 Å². The van der Waals surface area contributed by atoms with Crippen molar-refractivity contribution in [2.45, 2.75) is 19.0 Å². The van der Waals surface area contributed by atoms with Gasteiger partial charge in [-0.05, 0) is 31.0 Å². The molecule has 2 aromatic rings. The standard InChI is InChI=1S/C18H12F8N2O/c19-12-11(13(20)15(22)16(23)14(12)21)17(29)27-9-7-8(18(24,25)26)3-4-10(9)28-5-1-2-6-28/h3-4,7H,1-2,5-6H2,(H,27,29). The first kappa shape index (κ1) is 20.9. The Morgan fingerprint density at radius 3 is 1.90 bits per heavy atom. The quantitative estimate of drug-likeness (QED) is 0.415. The van der Waals surface area contributed by atoms with Crippen molar-refractivity contribution in [3.05, 3.63) is 58.4 Å². The Balaban J connectivity index is 2.06. The van der Waals surface area contributed by atoms with E-state index < -0.39 is 58.0 Å². The van der Waals surface area contributed by atoms with Crippen LogP contribution in [0.1, 0.15) is 28.8 Å². The number of hydrogen-bond donors (Lipinski definition) is 1. The van der Waals surface area contributed by atoms with Gasteiger partial charge in [-0.2, -0.15) is 13.2 Å². The van der Waals surface area contributed by atoms with Crippen LogP contribution >= 0.6 is 0 Å². The molecule has 1 saturated heterocycles. The van der Waals surface area contributed by atoms with Crippen LogP contribution in [0.4, 0.5) is 46.5 Å². The van der Waals surface area contributed by atoms with Gasteiger partial charge in [0, 0.05) is 13.1 Å². The lowest BCUT2D eigenvalue weighted by Crippen LogP contribution is -2.23. The van der Waals surface area contributed by atoms with Crippen molar-refractivity contribution in [1.29, 1.82) is 0 Å². The van der Waals surface area contributed by atoms with Crippen LogP contribution in [-0.4, -0.2) is 19.0 Å². The highest BCUT2D eigenvalue weighted by molar-refractivity contribution is 6.06. The lowest BCUT2D eigenvalue weighted by atomic mass is 10.1. The molecule has 2 aromatic carbocycles. The van der Waals surface area contributed by atoms with Crippen LogP contribution < -0.4 is 10.2 Å². The molecule has 1 fully saturated rings. The van der Waals surface area contributed by atoms with Crippen molar-refractivity contribution in [1.82, 2.24) is 0 Å². The molecule has 3 rings (SSSR count). The molecule has 1 heterocycles. The fraction of sp³-hybridized carbons (Fsp3) is 0.278. The minimum atomic E-state index is -4.78. The molecule has 1 amide bonds. The Morgan fingerprint density at radius 2 is 1.38 bits per heavy atom. The Morgan fingerprint density at radius 1 is 0.862 bits per heavy atom. The average molecular weight is 424 g/mol. The maximum Gasteiger partial charge on any atom is 0.416 e. The van der Waals surface area contributed by atoms with Crippen molar-refractivity contribution in [3.8, 4) is 0 Å². The van der Waals surface area contributed by atoms with Gasteiger partial charge in [-0.1, -0.05) is 0 Å². The van der Waals surface area contributed by atoms with E-state index in [1.165, 1.54) is 0 Å². The number of amides is 1. The molecular formula is C18H12F8N2O. The number of nitrogens with one attached hydrogen (secondary N) is 1. The lowest BCUT2D eigenvalue weighted by molar-refractivity contribution is -0.137. The molecule has 156 valence electrons. The summed E-state index contributed by atoms with van der Waals surface area (Å²) in [6, 6.07) is 2.38. The normalized spacial score (nSPS) is 14.4. The van der Waals surface area contributed by atoms with Gasteiger partial charge in [0.1, 0.15) is 5.56 Å². The smallest absolute Gasteiger partial charge is 0.370 e. The van der Waals surface area contributed by atoms with E-state index in [1.54, 1.807) is 4.90 Å². The highest BCUT2D eigenvalue weighted by Gasteiger charge is 2.33. The third-order valence-corrected chi connectivity index (χ3v) is 4.46. The zero-order valence-electron chi connectivity index (χ0n) is 14.4. The molecule has 3 nitrogen and oxygen atoms in total. The predicted molar refractivity (Wildman–Crippen MR) is 87.1 cm³/mol. The molecule has 11 heteroatoms. The predicted octanol–water partition coefficient (Wildman–Crippen LogP) is 5.25. The minimum Gasteiger partial charge on any atom is -0.370 e. The summed E-state index contributed by atoms with van der Waals surface area (Å²) >= 11 is 0. The topological polar surface area (TPSA) is 32.3 Å². The zero-order chi connectivity index (χ0) is 21.5. The number of alkyl halides is 3. The van der Waals surface area contributed by atoms with Crippen LogP contribution in [0.25, 0.3) is 0 Å². The minimum absolute atomic E-state index is 0.132. The van der Waals surface area contributed by atoms with Crippen molar-refractivity contribution in [2.75, 3.05) is 23.3 Å². The summed E-state index contributed by atoms with van der Waals surface area (Å²) in [5, 5.41) is 1.86. The van der Waals surface area contributed by atoms with Crippen molar-refractivity contribution in [3.63, 3.8) is 0 Å². The lowest BCUT2D eigenvalue weighted by Gasteiger charge is -2.23. The second kappa shape index (κ2) is 7.53. The first-order chi connectivity index (χ1) is 13.5. The number of rotatable bonds is 3. The van der Waals surface area contributed by atoms with E-state index in [2.05, 4.69) is 0 Å². The third-order valence-electron chi connectivity index (χ3n) is 4.46. The molecule has 1 aliphatic heterocycles. The number of carbonyl (C=O) groups excluding carboxylic acids is 1. The maximum atomic E-state index is 13.9. The summed E-state index contributed by atoms with van der Waals surface area (Å²) < 4.78 is 107. The molecule has 0 unspecified atom stereocenters. The van der Waals surface area contributed by atoms with Gasteiger partial charge in [0.25, 0.3) is 5.91 Å². The third kappa shape index (κ3) is 3.85. The fourth-order valence-corrected chi connectivity index (χ4v) is 3.04. The van der Waals surface area contributed by atoms with Crippen molar-refractivity contribution in [2.24, 2.45) is 0 Å². The molecule has 0 bridgehead atoms. The molecule has 0 atom stereocenters. The zero-order valence-corrected chi connectivity index (χ0v) is 14.4. The first-order valence-electron chi connectivity index (χ1n) is 8.31. The van der Waals surface area contributed by atoms with Gasteiger partial charge in [-0.3, -0.25) is 4.79 Å². The van der Waals surface area contributed by atoms with Gasteiger partial charge in [0.15, 0.2) is 23.3 Å². The van der Waals surface area contributed by atoms with E-state index in [4.69, 9.17) is 0 Å². The molecule has 29 heavy (non-hydrogen) atoms. The Kier molecular flexibility index (Phi) is 5.42. The molecular weight excluding hydrogens is 412 g/mol. The number of nitrogens with zero attached hydrogens (tertiary/aromatic N) is 1. The Hall–Kier alpha value is -2.85. The van der Waals surface area contributed by atoms with Crippen LogP contribution in [0.5, 0.6) is 0 Å². The highest BCUT2D eigenvalue weighted by atomic mass is 19.4. The summed E-state index contributed by atoms with van der Waals surface area (Å²) in [5.41, 5.74) is -3.28. The average Bonchev–Trinajstić information content (AvgIpc) is 3.18. The van der Waals surface area contributed by atoms with Crippen LogP contribution in [0.2, 0.25) is 0 Å². The monoisotopic (exact) mass is 424 g/mol. The number of hydrogen-bond acceptors (Lipinski definition) is 2. The van der Waals surface area contributed by atoms with Crippen LogP contribution in [0.3, 0.4) is 0 Å². The van der Waals surface area contributed by atoms with E-state index in [1.807, 2.05) is 5.32 Å². The molecule has 0 aliphatic carbocycles. The Labute approximate surface area is 158 Å². The molecule has 0 aromatic heterocycles. The number of benzene rings is 2. The van der Waals surface area contributed by atoms with E-state index in [9.17, 15) is 39.9 Å². The Bertz CT molecular complexity index is 938. The summed E-state index contributed by atoms with van der Waals surface area (Å²) in [5.74, 6) is -13.6. The molecule has 0 radical (unpaired) electrons. The number of halogens is 8. The number of anilines is 2. The summed E-state index contributed by atoms with van der Waals surface area (Å²) in [6.07, 6.45) is -3.33. The number of carbonyl (C=O) groups is 1. The molecule has 0 saturated carbocycles.